The fraction of sp³-hybridized carbons (Fsp3) is 0.300. The highest BCUT2D eigenvalue weighted by Gasteiger charge is 2.30. The number of phenolic OH excluding ortho intramolecular Hbond substituents is 1. The fourth-order valence-electron chi connectivity index (χ4n) is 2.94. The first-order valence-corrected chi connectivity index (χ1v) is 10.5. The number of amides is 1. The van der Waals surface area contributed by atoms with Crippen molar-refractivity contribution in [2.75, 3.05) is 32.8 Å². The molecule has 1 saturated heterocycles. The van der Waals surface area contributed by atoms with Crippen molar-refractivity contribution in [2.24, 2.45) is 0 Å². The van der Waals surface area contributed by atoms with Crippen LogP contribution < -0.4 is 0 Å². The zero-order chi connectivity index (χ0) is 21.0. The molecule has 0 radical (unpaired) electrons. The second-order valence-electron chi connectivity index (χ2n) is 6.72. The zero-order valence-electron chi connectivity index (χ0n) is 15.9. The SMILES string of the molecule is Cc1ccc(S(=O)(=O)N2CCN(C(=O)COC(=O)c3ccc(O)cc3)CC2)cc1. The Morgan fingerprint density at radius 2 is 1.55 bits per heavy atom. The Hall–Kier alpha value is -2.91. The van der Waals surface area contributed by atoms with E-state index in [1.807, 2.05) is 6.92 Å². The number of piperazine rings is 1. The summed E-state index contributed by atoms with van der Waals surface area (Å²) >= 11 is 0. The van der Waals surface area contributed by atoms with Crippen LogP contribution >= 0.6 is 0 Å². The van der Waals surface area contributed by atoms with Gasteiger partial charge in [0.1, 0.15) is 5.75 Å². The number of esters is 1. The number of aryl methyl sites for hydroxylation is 1. The van der Waals surface area contributed by atoms with Gasteiger partial charge in [-0.05, 0) is 43.3 Å². The van der Waals surface area contributed by atoms with E-state index in [2.05, 4.69) is 0 Å². The molecule has 0 saturated carbocycles. The lowest BCUT2D eigenvalue weighted by Crippen LogP contribution is -2.51. The average Bonchev–Trinajstić information content (AvgIpc) is 2.72. The van der Waals surface area contributed by atoms with Crippen LogP contribution in [0.15, 0.2) is 53.4 Å². The molecule has 2 aromatic rings. The first kappa shape index (κ1) is 20.8. The average molecular weight is 418 g/mol. The molecule has 1 N–H and O–H groups in total. The van der Waals surface area contributed by atoms with Gasteiger partial charge >= 0.3 is 5.97 Å². The fourth-order valence-corrected chi connectivity index (χ4v) is 4.36. The maximum absolute atomic E-state index is 12.7. The Labute approximate surface area is 169 Å². The van der Waals surface area contributed by atoms with Gasteiger partial charge in [-0.2, -0.15) is 4.31 Å². The minimum atomic E-state index is -3.60. The minimum absolute atomic E-state index is 0.0242. The Bertz CT molecular complexity index is 979. The summed E-state index contributed by atoms with van der Waals surface area (Å²) < 4.78 is 31.8. The van der Waals surface area contributed by atoms with E-state index < -0.39 is 22.6 Å². The van der Waals surface area contributed by atoms with Crippen molar-refractivity contribution in [2.45, 2.75) is 11.8 Å². The van der Waals surface area contributed by atoms with Crippen LogP contribution in [-0.4, -0.2) is 67.4 Å². The van der Waals surface area contributed by atoms with E-state index in [4.69, 9.17) is 4.74 Å². The molecule has 154 valence electrons. The monoisotopic (exact) mass is 418 g/mol. The maximum atomic E-state index is 12.7. The van der Waals surface area contributed by atoms with Crippen LogP contribution in [0.5, 0.6) is 5.75 Å². The van der Waals surface area contributed by atoms with E-state index in [0.717, 1.165) is 5.56 Å². The van der Waals surface area contributed by atoms with Crippen LogP contribution in [0, 0.1) is 6.92 Å². The van der Waals surface area contributed by atoms with Crippen molar-refractivity contribution in [1.29, 1.82) is 0 Å². The molecular formula is C20H22N2O6S. The van der Waals surface area contributed by atoms with E-state index in [9.17, 15) is 23.1 Å². The van der Waals surface area contributed by atoms with Crippen molar-refractivity contribution in [1.82, 2.24) is 9.21 Å². The lowest BCUT2D eigenvalue weighted by atomic mass is 10.2. The van der Waals surface area contributed by atoms with E-state index in [1.165, 1.54) is 33.5 Å². The number of rotatable bonds is 5. The molecule has 0 aromatic heterocycles. The van der Waals surface area contributed by atoms with E-state index in [0.29, 0.717) is 0 Å². The van der Waals surface area contributed by atoms with Crippen molar-refractivity contribution in [3.8, 4) is 5.75 Å². The lowest BCUT2D eigenvalue weighted by molar-refractivity contribution is -0.135. The summed E-state index contributed by atoms with van der Waals surface area (Å²) in [6, 6.07) is 12.1. The lowest BCUT2D eigenvalue weighted by Gasteiger charge is -2.33. The molecule has 0 bridgehead atoms. The van der Waals surface area contributed by atoms with Crippen molar-refractivity contribution < 1.29 is 27.9 Å². The second-order valence-corrected chi connectivity index (χ2v) is 8.66. The van der Waals surface area contributed by atoms with Crippen molar-refractivity contribution >= 4 is 21.9 Å². The maximum Gasteiger partial charge on any atom is 0.338 e. The number of sulfonamides is 1. The zero-order valence-corrected chi connectivity index (χ0v) is 16.8. The van der Waals surface area contributed by atoms with Gasteiger partial charge < -0.3 is 14.7 Å². The van der Waals surface area contributed by atoms with E-state index in [1.54, 1.807) is 24.3 Å². The van der Waals surface area contributed by atoms with Gasteiger partial charge in [0.05, 0.1) is 10.5 Å². The highest BCUT2D eigenvalue weighted by molar-refractivity contribution is 7.89. The standard InChI is InChI=1S/C20H22N2O6S/c1-15-2-8-18(9-3-15)29(26,27)22-12-10-21(11-13-22)19(24)14-28-20(25)16-4-6-17(23)7-5-16/h2-9,23H,10-14H2,1H3. The molecule has 2 aromatic carbocycles. The van der Waals surface area contributed by atoms with Gasteiger partial charge in [0.15, 0.2) is 6.61 Å². The predicted octanol–water partition coefficient (Wildman–Crippen LogP) is 1.39. The number of aromatic hydroxyl groups is 1. The largest absolute Gasteiger partial charge is 0.508 e. The van der Waals surface area contributed by atoms with Crippen LogP contribution in [0.4, 0.5) is 0 Å². The molecule has 1 amide bonds. The Kier molecular flexibility index (Phi) is 6.19. The molecule has 9 heteroatoms. The normalized spacial score (nSPS) is 15.1. The number of phenols is 1. The molecule has 1 fully saturated rings. The third-order valence-electron chi connectivity index (χ3n) is 4.68. The summed E-state index contributed by atoms with van der Waals surface area (Å²) in [5, 5.41) is 9.23. The van der Waals surface area contributed by atoms with Crippen LogP contribution in [0.2, 0.25) is 0 Å². The topological polar surface area (TPSA) is 104 Å². The molecule has 1 aliphatic heterocycles. The van der Waals surface area contributed by atoms with E-state index >= 15 is 0 Å². The molecule has 0 atom stereocenters. The summed E-state index contributed by atoms with van der Waals surface area (Å²) in [5.74, 6) is -1.03. The smallest absolute Gasteiger partial charge is 0.338 e. The number of ether oxygens (including phenoxy) is 1. The van der Waals surface area contributed by atoms with Gasteiger partial charge in [-0.25, -0.2) is 13.2 Å². The molecule has 0 unspecified atom stereocenters. The van der Waals surface area contributed by atoms with Gasteiger partial charge in [-0.15, -0.1) is 0 Å². The number of hydrogen-bond donors (Lipinski definition) is 1. The molecule has 1 heterocycles. The molecular weight excluding hydrogens is 396 g/mol. The first-order chi connectivity index (χ1) is 13.8. The summed E-state index contributed by atoms with van der Waals surface area (Å²) in [6.45, 7) is 2.25. The highest BCUT2D eigenvalue weighted by Crippen LogP contribution is 2.18. The first-order valence-electron chi connectivity index (χ1n) is 9.08. The highest BCUT2D eigenvalue weighted by atomic mass is 32.2. The Morgan fingerprint density at radius 1 is 0.966 bits per heavy atom. The van der Waals surface area contributed by atoms with Crippen LogP contribution in [0.1, 0.15) is 15.9 Å². The molecule has 0 aliphatic carbocycles. The number of carbonyl (C=O) groups is 2. The van der Waals surface area contributed by atoms with Gasteiger partial charge in [0.25, 0.3) is 5.91 Å². The number of benzene rings is 2. The van der Waals surface area contributed by atoms with Gasteiger partial charge in [-0.3, -0.25) is 4.79 Å². The summed E-state index contributed by atoms with van der Waals surface area (Å²) in [4.78, 5) is 25.9. The summed E-state index contributed by atoms with van der Waals surface area (Å²) in [5.41, 5.74) is 1.20. The summed E-state index contributed by atoms with van der Waals surface area (Å²) in [6.07, 6.45) is 0. The van der Waals surface area contributed by atoms with Crippen LogP contribution in [0.3, 0.4) is 0 Å². The number of nitrogens with zero attached hydrogens (tertiary/aromatic N) is 2. The molecule has 1 aliphatic rings. The molecule has 3 rings (SSSR count). The molecule has 29 heavy (non-hydrogen) atoms. The molecule has 0 spiro atoms. The van der Waals surface area contributed by atoms with E-state index in [-0.39, 0.29) is 48.3 Å². The Balaban J connectivity index is 1.52. The van der Waals surface area contributed by atoms with Gasteiger partial charge in [0, 0.05) is 26.2 Å². The summed E-state index contributed by atoms with van der Waals surface area (Å²) in [7, 11) is -3.60. The van der Waals surface area contributed by atoms with Crippen LogP contribution in [-0.2, 0) is 19.6 Å². The Morgan fingerprint density at radius 3 is 2.14 bits per heavy atom. The number of carbonyl (C=O) groups excluding carboxylic acids is 2. The minimum Gasteiger partial charge on any atom is -0.508 e. The third kappa shape index (κ3) is 4.93. The third-order valence-corrected chi connectivity index (χ3v) is 6.59. The molecule has 8 nitrogen and oxygen atoms in total. The van der Waals surface area contributed by atoms with Crippen molar-refractivity contribution in [3.63, 3.8) is 0 Å². The number of hydrogen-bond acceptors (Lipinski definition) is 6. The predicted molar refractivity (Wildman–Crippen MR) is 105 cm³/mol. The van der Waals surface area contributed by atoms with Crippen LogP contribution in [0.25, 0.3) is 0 Å². The van der Waals surface area contributed by atoms with Crippen molar-refractivity contribution in [3.05, 3.63) is 59.7 Å². The quantitative estimate of drug-likeness (QED) is 0.736. The second kappa shape index (κ2) is 8.62. The van der Waals surface area contributed by atoms with Gasteiger partial charge in [-0.1, -0.05) is 17.7 Å². The van der Waals surface area contributed by atoms with Gasteiger partial charge in [0.2, 0.25) is 10.0 Å².